The van der Waals surface area contributed by atoms with Crippen LogP contribution in [-0.2, 0) is 4.79 Å². The largest absolute Gasteiger partial charge is 0.393 e. The molecule has 0 aliphatic heterocycles. The van der Waals surface area contributed by atoms with Crippen LogP contribution in [0.5, 0.6) is 0 Å². The van der Waals surface area contributed by atoms with E-state index in [1.807, 2.05) is 13.8 Å². The number of aliphatic hydroxyl groups excluding tert-OH is 1. The molecule has 4 aliphatic carbocycles. The molecule has 4 aliphatic rings. The fraction of sp³-hybridized carbons (Fsp3) is 0.880. The third kappa shape index (κ3) is 3.31. The summed E-state index contributed by atoms with van der Waals surface area (Å²) in [5.41, 5.74) is 0.911. The first-order valence-corrected chi connectivity index (χ1v) is 11.7. The van der Waals surface area contributed by atoms with Crippen LogP contribution < -0.4 is 0 Å². The third-order valence-electron chi connectivity index (χ3n) is 9.30. The molecule has 0 spiro atoms. The van der Waals surface area contributed by atoms with Gasteiger partial charge in [-0.3, -0.25) is 4.79 Å². The van der Waals surface area contributed by atoms with Gasteiger partial charge in [-0.15, -0.1) is 0 Å². The van der Waals surface area contributed by atoms with Gasteiger partial charge in [-0.2, -0.15) is 0 Å². The molecule has 4 rings (SSSR count). The van der Waals surface area contributed by atoms with Gasteiger partial charge in [-0.25, -0.2) is 0 Å². The summed E-state index contributed by atoms with van der Waals surface area (Å²) in [6.45, 7) is 8.51. The minimum absolute atomic E-state index is 0.0143. The van der Waals surface area contributed by atoms with Crippen LogP contribution in [0.2, 0.25) is 0 Å². The summed E-state index contributed by atoms with van der Waals surface area (Å²) in [6.07, 6.45) is 12.1. The van der Waals surface area contributed by atoms with Gasteiger partial charge in [0.15, 0.2) is 0 Å². The Morgan fingerprint density at radius 1 is 1.21 bits per heavy atom. The summed E-state index contributed by atoms with van der Waals surface area (Å²) in [5, 5.41) is 20.2. The second-order valence-electron chi connectivity index (χ2n) is 11.7. The van der Waals surface area contributed by atoms with E-state index in [4.69, 9.17) is 0 Å². The molecule has 2 N–H and O–H groups in total. The Morgan fingerprint density at radius 2 is 1.96 bits per heavy atom. The molecule has 3 heteroatoms. The first-order valence-electron chi connectivity index (χ1n) is 11.7. The highest BCUT2D eigenvalue weighted by Crippen LogP contribution is 2.65. The number of aliphatic hydroxyl groups is 2. The van der Waals surface area contributed by atoms with E-state index in [1.54, 1.807) is 0 Å². The van der Waals surface area contributed by atoms with E-state index in [9.17, 15) is 15.0 Å². The van der Waals surface area contributed by atoms with Gasteiger partial charge in [0.2, 0.25) is 0 Å². The van der Waals surface area contributed by atoms with Crippen molar-refractivity contribution in [3.8, 4) is 0 Å². The van der Waals surface area contributed by atoms with E-state index in [0.717, 1.165) is 51.4 Å². The second-order valence-corrected chi connectivity index (χ2v) is 11.7. The zero-order valence-electron chi connectivity index (χ0n) is 18.3. The van der Waals surface area contributed by atoms with Gasteiger partial charge in [-0.1, -0.05) is 31.9 Å². The summed E-state index contributed by atoms with van der Waals surface area (Å²) in [5.74, 6) is 2.45. The maximum absolute atomic E-state index is 13.6. The highest BCUT2D eigenvalue weighted by Gasteiger charge is 2.61. The number of ketones is 1. The van der Waals surface area contributed by atoms with Crippen LogP contribution in [0.4, 0.5) is 0 Å². The lowest BCUT2D eigenvalue weighted by molar-refractivity contribution is -0.144. The first kappa shape index (κ1) is 20.6. The van der Waals surface area contributed by atoms with Gasteiger partial charge in [0.05, 0.1) is 11.7 Å². The maximum Gasteiger partial charge on any atom is 0.137 e. The molecule has 6 unspecified atom stereocenters. The van der Waals surface area contributed by atoms with Crippen LogP contribution in [0.1, 0.15) is 91.9 Å². The zero-order chi connectivity index (χ0) is 20.3. The molecule has 3 saturated carbocycles. The van der Waals surface area contributed by atoms with Gasteiger partial charge in [0.25, 0.3) is 0 Å². The van der Waals surface area contributed by atoms with Crippen molar-refractivity contribution in [2.75, 3.05) is 0 Å². The van der Waals surface area contributed by atoms with Crippen molar-refractivity contribution in [2.24, 2.45) is 34.5 Å². The second kappa shape index (κ2) is 6.94. The predicted molar refractivity (Wildman–Crippen MR) is 112 cm³/mol. The maximum atomic E-state index is 13.6. The summed E-state index contributed by atoms with van der Waals surface area (Å²) in [6, 6.07) is 0. The molecule has 158 valence electrons. The molecule has 0 aromatic rings. The average molecular weight is 389 g/mol. The van der Waals surface area contributed by atoms with Gasteiger partial charge in [0, 0.05) is 12.3 Å². The molecule has 28 heavy (non-hydrogen) atoms. The van der Waals surface area contributed by atoms with E-state index >= 15 is 0 Å². The van der Waals surface area contributed by atoms with Crippen molar-refractivity contribution in [3.05, 3.63) is 11.6 Å². The van der Waals surface area contributed by atoms with Crippen LogP contribution in [0.3, 0.4) is 0 Å². The lowest BCUT2D eigenvalue weighted by atomic mass is 9.47. The molecule has 0 aromatic carbocycles. The summed E-state index contributed by atoms with van der Waals surface area (Å²) in [7, 11) is 0. The minimum atomic E-state index is -0.586. The highest BCUT2D eigenvalue weighted by molar-refractivity contribution is 5.85. The van der Waals surface area contributed by atoms with Gasteiger partial charge in [0.1, 0.15) is 5.78 Å². The van der Waals surface area contributed by atoms with Gasteiger partial charge >= 0.3 is 0 Å². The summed E-state index contributed by atoms with van der Waals surface area (Å²) < 4.78 is 0. The number of hydrogen-bond donors (Lipinski definition) is 2. The zero-order valence-corrected chi connectivity index (χ0v) is 18.3. The lowest BCUT2D eigenvalue weighted by Gasteiger charge is -2.57. The Hall–Kier alpha value is -0.670. The van der Waals surface area contributed by atoms with E-state index in [1.165, 1.54) is 18.4 Å². The Morgan fingerprint density at radius 3 is 2.68 bits per heavy atom. The number of allylic oxidation sites excluding steroid dienone is 1. The molecule has 0 heterocycles. The number of carbonyl (C=O) groups excluding carboxylic acids is 1. The van der Waals surface area contributed by atoms with E-state index < -0.39 is 5.60 Å². The lowest BCUT2D eigenvalue weighted by Crippen LogP contribution is -2.54. The molecule has 0 radical (unpaired) electrons. The number of hydrogen-bond acceptors (Lipinski definition) is 3. The summed E-state index contributed by atoms with van der Waals surface area (Å²) >= 11 is 0. The first-order chi connectivity index (χ1) is 13.0. The third-order valence-corrected chi connectivity index (χ3v) is 9.30. The monoisotopic (exact) mass is 388 g/mol. The normalized spacial score (nSPS) is 45.9. The van der Waals surface area contributed by atoms with Crippen LogP contribution >= 0.6 is 0 Å². The van der Waals surface area contributed by atoms with Gasteiger partial charge in [-0.05, 0) is 93.8 Å². The molecule has 0 aromatic heterocycles. The van der Waals surface area contributed by atoms with E-state index in [2.05, 4.69) is 19.9 Å². The van der Waals surface area contributed by atoms with Crippen molar-refractivity contribution in [1.29, 1.82) is 0 Å². The summed E-state index contributed by atoms with van der Waals surface area (Å²) in [4.78, 5) is 13.6. The molecule has 7 atom stereocenters. The fourth-order valence-electron chi connectivity index (χ4n) is 7.83. The molecule has 0 amide bonds. The number of rotatable bonds is 4. The van der Waals surface area contributed by atoms with E-state index in [0.29, 0.717) is 23.5 Å². The molecular weight excluding hydrogens is 348 g/mol. The SMILES string of the molecule is CC(C)(O)CCC[C@H]1CCC2C3CC=C4CC(O)CCC4(C)C3C(=O)CC21C. The van der Waals surface area contributed by atoms with Crippen molar-refractivity contribution < 1.29 is 15.0 Å². The van der Waals surface area contributed by atoms with Crippen molar-refractivity contribution >= 4 is 5.78 Å². The predicted octanol–water partition coefficient (Wildman–Crippen LogP) is 5.05. The fourth-order valence-corrected chi connectivity index (χ4v) is 7.83. The van der Waals surface area contributed by atoms with Crippen LogP contribution in [0.15, 0.2) is 11.6 Å². The molecule has 3 fully saturated rings. The van der Waals surface area contributed by atoms with E-state index in [-0.39, 0.29) is 22.9 Å². The van der Waals surface area contributed by atoms with Gasteiger partial charge < -0.3 is 10.2 Å². The quantitative estimate of drug-likeness (QED) is 0.663. The van der Waals surface area contributed by atoms with Crippen LogP contribution in [-0.4, -0.2) is 27.7 Å². The Bertz CT molecular complexity index is 659. The van der Waals surface area contributed by atoms with Crippen LogP contribution in [0, 0.1) is 34.5 Å². The van der Waals surface area contributed by atoms with Crippen molar-refractivity contribution in [1.82, 2.24) is 0 Å². The topological polar surface area (TPSA) is 57.5 Å². The minimum Gasteiger partial charge on any atom is -0.393 e. The number of fused-ring (bicyclic) bond motifs is 5. The highest BCUT2D eigenvalue weighted by atomic mass is 16.3. The Labute approximate surface area is 171 Å². The Balaban J connectivity index is 1.55. The Kier molecular flexibility index (Phi) is 5.11. The van der Waals surface area contributed by atoms with Crippen LogP contribution in [0.25, 0.3) is 0 Å². The standard InChI is InChI=1S/C25H40O3/c1-23(2,28)12-5-6-16-8-10-20-19-9-7-17-14-18(26)11-13-24(17,3)22(19)21(27)15-25(16,20)4/h7,16,18-20,22,26,28H,5-6,8-15H2,1-4H3/t16-,18?,19?,20?,22?,24?,25?/m0/s1. The smallest absolute Gasteiger partial charge is 0.137 e. The number of Topliss-reactive ketones (excluding diaryl/α,β-unsaturated/α-hetero) is 1. The average Bonchev–Trinajstić information content (AvgIpc) is 2.90. The van der Waals surface area contributed by atoms with Crippen molar-refractivity contribution in [2.45, 2.75) is 104 Å². The molecule has 0 saturated heterocycles. The molecular formula is C25H40O3. The number of carbonyl (C=O) groups is 1. The molecule has 0 bridgehead atoms. The molecule has 3 nitrogen and oxygen atoms in total. The van der Waals surface area contributed by atoms with Crippen molar-refractivity contribution in [3.63, 3.8) is 0 Å².